The summed E-state index contributed by atoms with van der Waals surface area (Å²) in [6.45, 7) is 1.19. The van der Waals surface area contributed by atoms with E-state index < -0.39 is 17.3 Å². The zero-order valence-electron chi connectivity index (χ0n) is 8.30. The minimum Gasteiger partial charge on any atom is -0.360 e. The molecule has 0 heterocycles. The van der Waals surface area contributed by atoms with Crippen molar-refractivity contribution in [3.8, 4) is 0 Å². The van der Waals surface area contributed by atoms with Crippen LogP contribution in [0.2, 0.25) is 0 Å². The molecule has 0 aliphatic carbocycles. The Balaban J connectivity index is 2.81. The number of benzene rings is 1. The molecular weight excluding hydrogens is 192 g/mol. The largest absolute Gasteiger partial charge is 0.400 e. The molecule has 1 rings (SSSR count). The quantitative estimate of drug-likeness (QED) is 0.317. The topological polar surface area (TPSA) is 70.5 Å². The fourth-order valence-corrected chi connectivity index (χ4v) is 1.19. The first-order chi connectivity index (χ1) is 7.15. The van der Waals surface area contributed by atoms with E-state index in [4.69, 9.17) is 5.53 Å². The Morgan fingerprint density at radius 2 is 1.87 bits per heavy atom. The Kier molecular flexibility index (Phi) is 3.66. The van der Waals surface area contributed by atoms with Crippen molar-refractivity contribution in [1.29, 1.82) is 0 Å². The lowest BCUT2D eigenvalue weighted by Crippen LogP contribution is -2.24. The number of carbonyl (C=O) groups excluding carboxylic acids is 2. The van der Waals surface area contributed by atoms with Crippen molar-refractivity contribution in [1.82, 2.24) is 0 Å². The fraction of sp³-hybridized carbons (Fsp3) is 0.182. The van der Waals surface area contributed by atoms with Crippen LogP contribution in [0.5, 0.6) is 0 Å². The Bertz CT molecular complexity index is 431. The van der Waals surface area contributed by atoms with E-state index >= 15 is 0 Å². The number of ketones is 2. The fourth-order valence-electron chi connectivity index (χ4n) is 1.19. The average molecular weight is 202 g/mol. The molecule has 76 valence electrons. The van der Waals surface area contributed by atoms with Crippen molar-refractivity contribution in [2.45, 2.75) is 13.3 Å². The molecule has 0 fully saturated rings. The third kappa shape index (κ3) is 2.97. The SMILES string of the molecule is CC(=O)C(=[N+]=[N-])C(=O)Cc1ccccc1. The second-order valence-corrected chi connectivity index (χ2v) is 3.09. The van der Waals surface area contributed by atoms with Crippen molar-refractivity contribution >= 4 is 17.3 Å². The number of carbonyl (C=O) groups is 2. The lowest BCUT2D eigenvalue weighted by molar-refractivity contribution is -0.122. The summed E-state index contributed by atoms with van der Waals surface area (Å²) in [6.07, 6.45) is 0.0693. The van der Waals surface area contributed by atoms with Gasteiger partial charge in [0.2, 0.25) is 5.78 Å². The van der Waals surface area contributed by atoms with Gasteiger partial charge in [0.25, 0.3) is 5.78 Å². The van der Waals surface area contributed by atoms with E-state index in [0.29, 0.717) is 0 Å². The standard InChI is InChI=1S/C11H10N2O2/c1-8(14)11(13-12)10(15)7-9-5-3-2-4-6-9/h2-6H,7H2,1H3. The lowest BCUT2D eigenvalue weighted by atomic mass is 10.0. The van der Waals surface area contributed by atoms with Crippen LogP contribution in [0.3, 0.4) is 0 Å². The summed E-state index contributed by atoms with van der Waals surface area (Å²) in [5.41, 5.74) is 8.87. The first kappa shape index (κ1) is 11.0. The molecule has 0 aliphatic rings. The summed E-state index contributed by atoms with van der Waals surface area (Å²) in [5.74, 6) is -1.00. The van der Waals surface area contributed by atoms with Gasteiger partial charge in [-0.2, -0.15) is 4.79 Å². The predicted octanol–water partition coefficient (Wildman–Crippen LogP) is 1.06. The predicted molar refractivity (Wildman–Crippen MR) is 54.5 cm³/mol. The third-order valence-electron chi connectivity index (χ3n) is 1.91. The summed E-state index contributed by atoms with van der Waals surface area (Å²) in [6, 6.07) is 8.97. The number of nitrogens with zero attached hydrogens (tertiary/aromatic N) is 2. The van der Waals surface area contributed by atoms with Crippen LogP contribution < -0.4 is 0 Å². The summed E-state index contributed by atoms with van der Waals surface area (Å²) >= 11 is 0. The van der Waals surface area contributed by atoms with Crippen LogP contribution in [-0.4, -0.2) is 22.1 Å². The van der Waals surface area contributed by atoms with Crippen LogP contribution >= 0.6 is 0 Å². The molecule has 1 aromatic carbocycles. The van der Waals surface area contributed by atoms with Crippen molar-refractivity contribution in [2.24, 2.45) is 0 Å². The molecule has 4 heteroatoms. The van der Waals surface area contributed by atoms with Gasteiger partial charge in [-0.1, -0.05) is 30.3 Å². The van der Waals surface area contributed by atoms with E-state index in [1.54, 1.807) is 24.3 Å². The molecule has 0 unspecified atom stereocenters. The van der Waals surface area contributed by atoms with Gasteiger partial charge in [-0.25, -0.2) is 0 Å². The monoisotopic (exact) mass is 202 g/mol. The van der Waals surface area contributed by atoms with E-state index in [-0.39, 0.29) is 6.42 Å². The molecule has 0 radical (unpaired) electrons. The maximum Gasteiger partial charge on any atom is 0.400 e. The number of rotatable bonds is 4. The molecule has 0 amide bonds. The van der Waals surface area contributed by atoms with Crippen LogP contribution in [-0.2, 0) is 16.0 Å². The Morgan fingerprint density at radius 1 is 1.27 bits per heavy atom. The van der Waals surface area contributed by atoms with E-state index in [1.165, 1.54) is 6.92 Å². The van der Waals surface area contributed by atoms with Gasteiger partial charge in [0, 0.05) is 13.3 Å². The second-order valence-electron chi connectivity index (χ2n) is 3.09. The Labute approximate surface area is 87.2 Å². The van der Waals surface area contributed by atoms with Gasteiger partial charge < -0.3 is 5.53 Å². The average Bonchev–Trinajstić information content (AvgIpc) is 2.19. The van der Waals surface area contributed by atoms with Gasteiger partial charge in [0.15, 0.2) is 0 Å². The van der Waals surface area contributed by atoms with Gasteiger partial charge in [0.1, 0.15) is 0 Å². The van der Waals surface area contributed by atoms with Gasteiger partial charge >= 0.3 is 5.71 Å². The number of hydrogen-bond donors (Lipinski definition) is 0. The van der Waals surface area contributed by atoms with E-state index in [0.717, 1.165) is 5.56 Å². The Morgan fingerprint density at radius 3 is 2.33 bits per heavy atom. The van der Waals surface area contributed by atoms with Crippen molar-refractivity contribution in [2.75, 3.05) is 0 Å². The second kappa shape index (κ2) is 4.98. The lowest BCUT2D eigenvalue weighted by Gasteiger charge is -1.95. The Hall–Kier alpha value is -2.06. The first-order valence-corrected chi connectivity index (χ1v) is 4.45. The van der Waals surface area contributed by atoms with Crippen LogP contribution in [0.25, 0.3) is 5.53 Å². The molecule has 4 nitrogen and oxygen atoms in total. The molecule has 0 spiro atoms. The van der Waals surface area contributed by atoms with Gasteiger partial charge in [-0.15, -0.1) is 0 Å². The zero-order chi connectivity index (χ0) is 11.3. The summed E-state index contributed by atoms with van der Waals surface area (Å²) < 4.78 is 0. The molecule has 0 saturated heterocycles. The molecule has 0 bridgehead atoms. The highest BCUT2D eigenvalue weighted by Gasteiger charge is 2.24. The van der Waals surface area contributed by atoms with Gasteiger partial charge in [0.05, 0.1) is 0 Å². The highest BCUT2D eigenvalue weighted by atomic mass is 16.1. The normalized spacial score (nSPS) is 9.13. The number of hydrogen-bond acceptors (Lipinski definition) is 2. The molecule has 0 atom stereocenters. The van der Waals surface area contributed by atoms with Crippen LogP contribution in [0.1, 0.15) is 12.5 Å². The minimum atomic E-state index is -0.529. The first-order valence-electron chi connectivity index (χ1n) is 4.45. The molecule has 0 N–H and O–H groups in total. The van der Waals surface area contributed by atoms with Gasteiger partial charge in [-0.05, 0) is 5.56 Å². The van der Waals surface area contributed by atoms with Crippen LogP contribution in [0.4, 0.5) is 0 Å². The smallest absolute Gasteiger partial charge is 0.360 e. The van der Waals surface area contributed by atoms with Crippen molar-refractivity contribution in [3.05, 3.63) is 41.4 Å². The van der Waals surface area contributed by atoms with Crippen LogP contribution in [0.15, 0.2) is 30.3 Å². The van der Waals surface area contributed by atoms with Crippen molar-refractivity contribution < 1.29 is 14.4 Å². The van der Waals surface area contributed by atoms with Crippen molar-refractivity contribution in [3.63, 3.8) is 0 Å². The van der Waals surface area contributed by atoms with Crippen LogP contribution in [0, 0.1) is 0 Å². The van der Waals surface area contributed by atoms with Gasteiger partial charge in [-0.3, -0.25) is 9.59 Å². The molecular formula is C11H10N2O2. The summed E-state index contributed by atoms with van der Waals surface area (Å²) in [5, 5.41) is 0. The molecule has 1 aromatic rings. The maximum absolute atomic E-state index is 11.5. The third-order valence-corrected chi connectivity index (χ3v) is 1.91. The van der Waals surface area contributed by atoms with E-state index in [9.17, 15) is 9.59 Å². The molecule has 0 aliphatic heterocycles. The van der Waals surface area contributed by atoms with E-state index in [1.807, 2.05) is 6.07 Å². The molecule has 0 aromatic heterocycles. The molecule has 0 saturated carbocycles. The maximum atomic E-state index is 11.5. The number of Topliss-reactive ketones (excluding diaryl/α,β-unsaturated/α-hetero) is 2. The summed E-state index contributed by atoms with van der Waals surface area (Å²) in [4.78, 5) is 25.1. The minimum absolute atomic E-state index is 0.0693. The summed E-state index contributed by atoms with van der Waals surface area (Å²) in [7, 11) is 0. The highest BCUT2D eigenvalue weighted by Crippen LogP contribution is 2.00. The molecule has 15 heavy (non-hydrogen) atoms. The highest BCUT2D eigenvalue weighted by molar-refractivity contribution is 6.63. The van der Waals surface area contributed by atoms with E-state index in [2.05, 4.69) is 4.79 Å². The zero-order valence-corrected chi connectivity index (χ0v) is 8.30.